The molecule has 3 rings (SSSR count). The molecule has 2 aromatic rings. The van der Waals surface area contributed by atoms with Crippen LogP contribution < -0.4 is 10.6 Å². The quantitative estimate of drug-likeness (QED) is 0.648. The Kier molecular flexibility index (Phi) is 2.77. The number of rotatable bonds is 4. The Hall–Kier alpha value is -2.22. The van der Waals surface area contributed by atoms with Crippen LogP contribution in [0.5, 0.6) is 0 Å². The predicted octanol–water partition coefficient (Wildman–Crippen LogP) is -0.924. The lowest BCUT2D eigenvalue weighted by molar-refractivity contribution is 0.0946. The summed E-state index contributed by atoms with van der Waals surface area (Å²) in [6, 6.07) is 0.313. The molecule has 1 saturated heterocycles. The SMILES string of the molecule is O=C(NCc1cn[nH]c1)c1cn(C2CNC2)nn1. The Morgan fingerprint density at radius 2 is 2.44 bits per heavy atom. The Balaban J connectivity index is 1.59. The minimum atomic E-state index is -0.227. The molecular weight excluding hydrogens is 234 g/mol. The molecule has 1 aliphatic rings. The second-order valence-corrected chi connectivity index (χ2v) is 4.19. The van der Waals surface area contributed by atoms with Gasteiger partial charge in [0.2, 0.25) is 0 Å². The highest BCUT2D eigenvalue weighted by Gasteiger charge is 2.21. The summed E-state index contributed by atoms with van der Waals surface area (Å²) in [6.45, 7) is 2.17. The van der Waals surface area contributed by atoms with Crippen LogP contribution in [0.25, 0.3) is 0 Å². The van der Waals surface area contributed by atoms with Gasteiger partial charge < -0.3 is 10.6 Å². The minimum absolute atomic E-state index is 0.227. The van der Waals surface area contributed by atoms with E-state index in [1.165, 1.54) is 0 Å². The summed E-state index contributed by atoms with van der Waals surface area (Å²) in [6.07, 6.45) is 5.07. The number of H-pyrrole nitrogens is 1. The minimum Gasteiger partial charge on any atom is -0.346 e. The van der Waals surface area contributed by atoms with E-state index in [-0.39, 0.29) is 5.91 Å². The van der Waals surface area contributed by atoms with E-state index in [0.29, 0.717) is 18.3 Å². The van der Waals surface area contributed by atoms with Crippen LogP contribution >= 0.6 is 0 Å². The third kappa shape index (κ3) is 2.09. The first-order chi connectivity index (χ1) is 8.83. The van der Waals surface area contributed by atoms with Gasteiger partial charge in [0, 0.05) is 31.4 Å². The molecule has 1 aliphatic heterocycles. The maximum Gasteiger partial charge on any atom is 0.273 e. The van der Waals surface area contributed by atoms with Crippen molar-refractivity contribution in [3.63, 3.8) is 0 Å². The Bertz CT molecular complexity index is 528. The van der Waals surface area contributed by atoms with Crippen LogP contribution in [-0.4, -0.2) is 44.2 Å². The van der Waals surface area contributed by atoms with E-state index < -0.39 is 0 Å². The number of aromatic amines is 1. The molecule has 18 heavy (non-hydrogen) atoms. The van der Waals surface area contributed by atoms with Crippen LogP contribution in [0.2, 0.25) is 0 Å². The van der Waals surface area contributed by atoms with E-state index in [9.17, 15) is 4.79 Å². The Labute approximate surface area is 103 Å². The van der Waals surface area contributed by atoms with Crippen LogP contribution in [0.3, 0.4) is 0 Å². The van der Waals surface area contributed by atoms with E-state index in [1.54, 1.807) is 23.3 Å². The molecule has 0 spiro atoms. The molecule has 0 radical (unpaired) electrons. The van der Waals surface area contributed by atoms with Gasteiger partial charge in [-0.2, -0.15) is 5.10 Å². The van der Waals surface area contributed by atoms with Gasteiger partial charge in [-0.05, 0) is 0 Å². The molecule has 8 nitrogen and oxygen atoms in total. The predicted molar refractivity (Wildman–Crippen MR) is 61.7 cm³/mol. The smallest absolute Gasteiger partial charge is 0.273 e. The zero-order valence-corrected chi connectivity index (χ0v) is 9.63. The lowest BCUT2D eigenvalue weighted by Gasteiger charge is -2.26. The van der Waals surface area contributed by atoms with E-state index >= 15 is 0 Å². The third-order valence-corrected chi connectivity index (χ3v) is 2.88. The van der Waals surface area contributed by atoms with Crippen LogP contribution in [0.15, 0.2) is 18.6 Å². The number of aromatic nitrogens is 5. The second-order valence-electron chi connectivity index (χ2n) is 4.19. The molecule has 3 N–H and O–H groups in total. The van der Waals surface area contributed by atoms with Crippen molar-refractivity contribution in [2.24, 2.45) is 0 Å². The first kappa shape index (κ1) is 10.9. The van der Waals surface area contributed by atoms with E-state index in [4.69, 9.17) is 0 Å². The molecule has 0 unspecified atom stereocenters. The molecule has 94 valence electrons. The molecule has 0 aliphatic carbocycles. The van der Waals surface area contributed by atoms with Crippen molar-refractivity contribution in [1.29, 1.82) is 0 Å². The van der Waals surface area contributed by atoms with Crippen molar-refractivity contribution in [1.82, 2.24) is 35.8 Å². The van der Waals surface area contributed by atoms with E-state index in [2.05, 4.69) is 31.1 Å². The summed E-state index contributed by atoms with van der Waals surface area (Å²) < 4.78 is 1.73. The van der Waals surface area contributed by atoms with Crippen LogP contribution in [0.1, 0.15) is 22.1 Å². The number of nitrogens with zero attached hydrogens (tertiary/aromatic N) is 4. The third-order valence-electron chi connectivity index (χ3n) is 2.88. The van der Waals surface area contributed by atoms with Crippen LogP contribution in [0, 0.1) is 0 Å². The summed E-state index contributed by atoms with van der Waals surface area (Å²) in [5.41, 5.74) is 1.25. The molecule has 0 bridgehead atoms. The number of carbonyl (C=O) groups excluding carboxylic acids is 1. The van der Waals surface area contributed by atoms with Gasteiger partial charge in [0.05, 0.1) is 18.4 Å². The zero-order valence-electron chi connectivity index (χ0n) is 9.63. The monoisotopic (exact) mass is 247 g/mol. The van der Waals surface area contributed by atoms with Gasteiger partial charge in [-0.3, -0.25) is 9.89 Å². The number of hydrogen-bond acceptors (Lipinski definition) is 5. The van der Waals surface area contributed by atoms with E-state index in [1.807, 2.05) is 0 Å². The fraction of sp³-hybridized carbons (Fsp3) is 0.400. The lowest BCUT2D eigenvalue weighted by atomic mass is 10.2. The summed E-state index contributed by atoms with van der Waals surface area (Å²) in [7, 11) is 0. The highest BCUT2D eigenvalue weighted by Crippen LogP contribution is 2.09. The maximum absolute atomic E-state index is 11.8. The molecule has 0 aromatic carbocycles. The first-order valence-corrected chi connectivity index (χ1v) is 5.71. The largest absolute Gasteiger partial charge is 0.346 e. The lowest BCUT2D eigenvalue weighted by Crippen LogP contribution is -2.43. The summed E-state index contributed by atoms with van der Waals surface area (Å²) in [5.74, 6) is -0.227. The summed E-state index contributed by atoms with van der Waals surface area (Å²) in [4.78, 5) is 11.8. The summed E-state index contributed by atoms with van der Waals surface area (Å²) in [5, 5.41) is 20.2. The fourth-order valence-electron chi connectivity index (χ4n) is 1.67. The van der Waals surface area contributed by atoms with Gasteiger partial charge in [-0.15, -0.1) is 5.10 Å². The standard InChI is InChI=1S/C10H13N7O/c18-10(12-1-7-2-13-14-3-7)9-6-17(16-15-9)8-4-11-5-8/h2-3,6,8,11H,1,4-5H2,(H,12,18)(H,13,14). The molecule has 3 heterocycles. The molecule has 0 saturated carbocycles. The highest BCUT2D eigenvalue weighted by molar-refractivity contribution is 5.91. The maximum atomic E-state index is 11.8. The van der Waals surface area contributed by atoms with Gasteiger partial charge in [0.25, 0.3) is 5.91 Å². The van der Waals surface area contributed by atoms with Crippen molar-refractivity contribution < 1.29 is 4.79 Å². The van der Waals surface area contributed by atoms with Crippen molar-refractivity contribution in [3.8, 4) is 0 Å². The second kappa shape index (κ2) is 4.57. The average Bonchev–Trinajstić information content (AvgIpc) is 2.94. The van der Waals surface area contributed by atoms with Crippen LogP contribution in [0.4, 0.5) is 0 Å². The Morgan fingerprint density at radius 1 is 1.56 bits per heavy atom. The topological polar surface area (TPSA) is 101 Å². The molecule has 0 atom stereocenters. The number of amides is 1. The molecule has 2 aromatic heterocycles. The van der Waals surface area contributed by atoms with Crippen molar-refractivity contribution in [2.45, 2.75) is 12.6 Å². The van der Waals surface area contributed by atoms with Crippen molar-refractivity contribution in [3.05, 3.63) is 29.8 Å². The van der Waals surface area contributed by atoms with Gasteiger partial charge in [0.15, 0.2) is 5.69 Å². The fourth-order valence-corrected chi connectivity index (χ4v) is 1.67. The molecule has 1 amide bonds. The average molecular weight is 247 g/mol. The van der Waals surface area contributed by atoms with Gasteiger partial charge in [0.1, 0.15) is 0 Å². The number of nitrogens with one attached hydrogen (secondary N) is 3. The Morgan fingerprint density at radius 3 is 3.11 bits per heavy atom. The summed E-state index contributed by atoms with van der Waals surface area (Å²) >= 11 is 0. The molecule has 1 fully saturated rings. The first-order valence-electron chi connectivity index (χ1n) is 5.71. The zero-order chi connectivity index (χ0) is 12.4. The van der Waals surface area contributed by atoms with Gasteiger partial charge in [-0.1, -0.05) is 5.21 Å². The highest BCUT2D eigenvalue weighted by atomic mass is 16.2. The van der Waals surface area contributed by atoms with Gasteiger partial charge in [-0.25, -0.2) is 4.68 Å². The normalized spacial score (nSPS) is 15.3. The van der Waals surface area contributed by atoms with E-state index in [0.717, 1.165) is 18.7 Å². The van der Waals surface area contributed by atoms with Crippen LogP contribution in [-0.2, 0) is 6.54 Å². The van der Waals surface area contributed by atoms with Crippen molar-refractivity contribution >= 4 is 5.91 Å². The van der Waals surface area contributed by atoms with Crippen molar-refractivity contribution in [2.75, 3.05) is 13.1 Å². The van der Waals surface area contributed by atoms with Gasteiger partial charge >= 0.3 is 0 Å². The number of hydrogen-bond donors (Lipinski definition) is 3. The molecular formula is C10H13N7O. The number of carbonyl (C=O) groups is 1. The molecule has 8 heteroatoms.